The normalized spacial score (nSPS) is 18.0. The average Bonchev–Trinajstić information content (AvgIpc) is 2.80. The van der Waals surface area contributed by atoms with Gasteiger partial charge in [-0.3, -0.25) is 4.90 Å². The van der Waals surface area contributed by atoms with E-state index in [0.29, 0.717) is 29.2 Å². The van der Waals surface area contributed by atoms with Crippen molar-refractivity contribution in [1.29, 1.82) is 0 Å². The number of rotatable bonds is 8. The molecule has 10 heteroatoms. The third kappa shape index (κ3) is 7.11. The number of nitrogens with zero attached hydrogens (tertiary/aromatic N) is 2. The number of piperazine rings is 1. The Morgan fingerprint density at radius 3 is 2.14 bits per heavy atom. The number of carboxylic acids is 2. The van der Waals surface area contributed by atoms with Crippen LogP contribution in [0.2, 0.25) is 0 Å². The summed E-state index contributed by atoms with van der Waals surface area (Å²) in [5.41, 5.74) is 1.82. The highest BCUT2D eigenvalue weighted by Crippen LogP contribution is 2.38. The molecule has 10 nitrogen and oxygen atoms in total. The maximum Gasteiger partial charge on any atom is 0.334 e. The molecule has 0 aromatic heterocycles. The van der Waals surface area contributed by atoms with Gasteiger partial charge < -0.3 is 31.1 Å². The number of urea groups is 1. The van der Waals surface area contributed by atoms with E-state index >= 15 is 0 Å². The number of carbonyl (C=O) groups is 3. The third-order valence-corrected chi connectivity index (χ3v) is 6.96. The number of hydrogen-bond donors (Lipinski definition) is 5. The van der Waals surface area contributed by atoms with E-state index in [4.69, 9.17) is 0 Å². The van der Waals surface area contributed by atoms with Gasteiger partial charge in [0.25, 0.3) is 0 Å². The number of amides is 2. The molecular formula is C27H39N5O5. The van der Waals surface area contributed by atoms with Crippen molar-refractivity contribution in [2.45, 2.75) is 52.5 Å². The molecule has 2 aliphatic rings. The van der Waals surface area contributed by atoms with Gasteiger partial charge in [-0.05, 0) is 65.3 Å². The molecule has 1 aromatic carbocycles. The quantitative estimate of drug-likeness (QED) is 0.335. The van der Waals surface area contributed by atoms with Gasteiger partial charge in [0.1, 0.15) is 0 Å². The molecule has 0 aliphatic carbocycles. The van der Waals surface area contributed by atoms with E-state index in [1.54, 1.807) is 38.1 Å². The first-order valence-corrected chi connectivity index (χ1v) is 12.7. The van der Waals surface area contributed by atoms with Crippen LogP contribution in [0.1, 0.15) is 52.5 Å². The molecule has 0 unspecified atom stereocenters. The minimum Gasteiger partial charge on any atom is -0.478 e. The lowest BCUT2D eigenvalue weighted by Gasteiger charge is -2.42. The second-order valence-electron chi connectivity index (χ2n) is 10.6. The molecule has 202 valence electrons. The number of aliphatic carboxylic acids is 2. The van der Waals surface area contributed by atoms with Gasteiger partial charge in [-0.1, -0.05) is 12.1 Å². The summed E-state index contributed by atoms with van der Waals surface area (Å²) in [5.74, 6) is -3.37. The second kappa shape index (κ2) is 11.8. The van der Waals surface area contributed by atoms with Gasteiger partial charge in [0, 0.05) is 55.3 Å². The SMILES string of the molecule is CC1=C(C(=O)O)C(c2cccc(NC(=O)NCCCN3CCN(C(C)(C)C)CC3)c2)C(C(=O)O)=C(C)N1. The summed E-state index contributed by atoms with van der Waals surface area (Å²) in [6.45, 7) is 15.5. The minimum atomic E-state index is -1.20. The Labute approximate surface area is 218 Å². The number of anilines is 1. The second-order valence-corrected chi connectivity index (χ2v) is 10.6. The molecule has 2 amide bonds. The van der Waals surface area contributed by atoms with Gasteiger partial charge in [-0.25, -0.2) is 14.4 Å². The summed E-state index contributed by atoms with van der Waals surface area (Å²) in [6, 6.07) is 6.29. The Hall–Kier alpha value is -3.37. The molecular weight excluding hydrogens is 474 g/mol. The van der Waals surface area contributed by atoms with Gasteiger partial charge in [-0.15, -0.1) is 0 Å². The monoisotopic (exact) mass is 513 g/mol. The fraction of sp³-hybridized carbons (Fsp3) is 0.519. The van der Waals surface area contributed by atoms with Crippen LogP contribution in [-0.4, -0.2) is 82.8 Å². The zero-order chi connectivity index (χ0) is 27.3. The van der Waals surface area contributed by atoms with Gasteiger partial charge in [0.15, 0.2) is 0 Å². The molecule has 0 spiro atoms. The lowest BCUT2D eigenvalue weighted by molar-refractivity contribution is -0.133. The summed E-state index contributed by atoms with van der Waals surface area (Å²) in [4.78, 5) is 41.4. The van der Waals surface area contributed by atoms with Crippen LogP contribution in [-0.2, 0) is 9.59 Å². The summed E-state index contributed by atoms with van der Waals surface area (Å²) in [5, 5.41) is 28.1. The molecule has 1 fully saturated rings. The number of dihydropyridines is 1. The van der Waals surface area contributed by atoms with E-state index in [-0.39, 0.29) is 22.7 Å². The molecule has 1 saturated heterocycles. The smallest absolute Gasteiger partial charge is 0.334 e. The van der Waals surface area contributed by atoms with Crippen LogP contribution >= 0.6 is 0 Å². The van der Waals surface area contributed by atoms with Crippen LogP contribution in [0.3, 0.4) is 0 Å². The molecule has 0 radical (unpaired) electrons. The van der Waals surface area contributed by atoms with Crippen molar-refractivity contribution in [3.05, 3.63) is 52.4 Å². The summed E-state index contributed by atoms with van der Waals surface area (Å²) in [6.07, 6.45) is 0.830. The van der Waals surface area contributed by atoms with Crippen LogP contribution in [0.15, 0.2) is 46.8 Å². The molecule has 0 saturated carbocycles. The van der Waals surface area contributed by atoms with Crippen LogP contribution in [0.5, 0.6) is 0 Å². The molecule has 0 atom stereocenters. The minimum absolute atomic E-state index is 0.0343. The lowest BCUT2D eigenvalue weighted by atomic mass is 9.80. The van der Waals surface area contributed by atoms with E-state index in [1.807, 2.05) is 0 Å². The number of benzene rings is 1. The number of nitrogens with one attached hydrogen (secondary N) is 3. The van der Waals surface area contributed by atoms with Crippen molar-refractivity contribution in [3.8, 4) is 0 Å². The zero-order valence-corrected chi connectivity index (χ0v) is 22.4. The van der Waals surface area contributed by atoms with Crippen LogP contribution in [0, 0.1) is 0 Å². The maximum atomic E-state index is 12.5. The molecule has 2 heterocycles. The highest BCUT2D eigenvalue weighted by Gasteiger charge is 2.36. The first kappa shape index (κ1) is 28.2. The Morgan fingerprint density at radius 1 is 1.00 bits per heavy atom. The van der Waals surface area contributed by atoms with Crippen molar-refractivity contribution in [2.75, 3.05) is 44.6 Å². The first-order chi connectivity index (χ1) is 17.4. The topological polar surface area (TPSA) is 134 Å². The van der Waals surface area contributed by atoms with Crippen LogP contribution in [0.25, 0.3) is 0 Å². The van der Waals surface area contributed by atoms with Crippen molar-refractivity contribution in [1.82, 2.24) is 20.4 Å². The number of carboxylic acid groups (broad SMARTS) is 2. The Balaban J connectivity index is 1.58. The van der Waals surface area contributed by atoms with E-state index in [9.17, 15) is 24.6 Å². The van der Waals surface area contributed by atoms with Crippen LogP contribution in [0.4, 0.5) is 10.5 Å². The first-order valence-electron chi connectivity index (χ1n) is 12.7. The Bertz CT molecular complexity index is 1060. The largest absolute Gasteiger partial charge is 0.478 e. The highest BCUT2D eigenvalue weighted by molar-refractivity contribution is 5.98. The predicted molar refractivity (Wildman–Crippen MR) is 142 cm³/mol. The molecule has 1 aromatic rings. The standard InChI is InChI=1S/C27H39N5O5/c1-17-21(24(33)34)23(22(25(35)36)18(2)29-17)19-8-6-9-20(16-19)30-26(37)28-10-7-11-31-12-14-32(15-13-31)27(3,4)5/h6,8-9,16,23,29H,7,10-15H2,1-5H3,(H,33,34)(H,35,36)(H2,28,30,37). The van der Waals surface area contributed by atoms with E-state index < -0.39 is 17.9 Å². The van der Waals surface area contributed by atoms with Crippen molar-refractivity contribution in [3.63, 3.8) is 0 Å². The number of hydrogen-bond acceptors (Lipinski definition) is 6. The molecule has 3 rings (SSSR count). The Kier molecular flexibility index (Phi) is 8.98. The van der Waals surface area contributed by atoms with Crippen molar-refractivity contribution in [2.24, 2.45) is 0 Å². The van der Waals surface area contributed by atoms with Gasteiger partial charge in [0.05, 0.1) is 17.1 Å². The zero-order valence-electron chi connectivity index (χ0n) is 22.4. The fourth-order valence-corrected chi connectivity index (χ4v) is 5.01. The fourth-order valence-electron chi connectivity index (χ4n) is 5.01. The van der Waals surface area contributed by atoms with Gasteiger partial charge in [0.2, 0.25) is 0 Å². The lowest BCUT2D eigenvalue weighted by Crippen LogP contribution is -2.53. The van der Waals surface area contributed by atoms with E-state index in [0.717, 1.165) is 39.1 Å². The van der Waals surface area contributed by atoms with Gasteiger partial charge >= 0.3 is 18.0 Å². The third-order valence-electron chi connectivity index (χ3n) is 6.96. The van der Waals surface area contributed by atoms with Gasteiger partial charge in [-0.2, -0.15) is 0 Å². The number of allylic oxidation sites excluding steroid dienone is 2. The molecule has 5 N–H and O–H groups in total. The van der Waals surface area contributed by atoms with Crippen LogP contribution < -0.4 is 16.0 Å². The summed E-state index contributed by atoms with van der Waals surface area (Å²) in [7, 11) is 0. The van der Waals surface area contributed by atoms with E-state index in [1.165, 1.54) is 0 Å². The van der Waals surface area contributed by atoms with Crippen molar-refractivity contribution >= 4 is 23.7 Å². The van der Waals surface area contributed by atoms with Crippen molar-refractivity contribution < 1.29 is 24.6 Å². The summed E-state index contributed by atoms with van der Waals surface area (Å²) >= 11 is 0. The molecule has 2 aliphatic heterocycles. The average molecular weight is 514 g/mol. The number of carbonyl (C=O) groups excluding carboxylic acids is 1. The maximum absolute atomic E-state index is 12.5. The molecule has 0 bridgehead atoms. The predicted octanol–water partition coefficient (Wildman–Crippen LogP) is 3.02. The molecule has 37 heavy (non-hydrogen) atoms. The highest BCUT2D eigenvalue weighted by atomic mass is 16.4. The summed E-state index contributed by atoms with van der Waals surface area (Å²) < 4.78 is 0. The van der Waals surface area contributed by atoms with E-state index in [2.05, 4.69) is 46.5 Å². The Morgan fingerprint density at radius 2 is 1.59 bits per heavy atom.